The molecule has 3 nitrogen and oxygen atoms in total. The van der Waals surface area contributed by atoms with Crippen LogP contribution in [-0.4, -0.2) is 11.5 Å². The summed E-state index contributed by atoms with van der Waals surface area (Å²) in [5, 5.41) is 0.524. The van der Waals surface area contributed by atoms with E-state index in [0.717, 1.165) is 5.56 Å². The summed E-state index contributed by atoms with van der Waals surface area (Å²) < 4.78 is 13.9. The number of hydrogen-bond acceptors (Lipinski definition) is 3. The van der Waals surface area contributed by atoms with Crippen molar-refractivity contribution in [2.45, 2.75) is 13.5 Å². The van der Waals surface area contributed by atoms with Gasteiger partial charge in [0.25, 0.3) is 0 Å². The number of nitrogens with two attached hydrogens (primary N) is 1. The number of anilines is 2. The summed E-state index contributed by atoms with van der Waals surface area (Å²) in [4.78, 5) is 6.03. The third-order valence-corrected chi connectivity index (χ3v) is 3.22. The predicted octanol–water partition coefficient (Wildman–Crippen LogP) is 3.49. The highest BCUT2D eigenvalue weighted by Crippen LogP contribution is 2.28. The van der Waals surface area contributed by atoms with Crippen LogP contribution in [0, 0.1) is 5.82 Å². The minimum atomic E-state index is -0.282. The summed E-state index contributed by atoms with van der Waals surface area (Å²) in [7, 11) is 0. The maximum atomic E-state index is 13.9. The number of pyridine rings is 1. The van der Waals surface area contributed by atoms with Crippen LogP contribution < -0.4 is 10.6 Å². The molecule has 0 bridgehead atoms. The van der Waals surface area contributed by atoms with E-state index < -0.39 is 0 Å². The third-order valence-electron chi connectivity index (χ3n) is 2.88. The lowest BCUT2D eigenvalue weighted by Crippen LogP contribution is -2.19. The Bertz CT molecular complexity index is 574. The van der Waals surface area contributed by atoms with E-state index in [0.29, 0.717) is 29.6 Å². The summed E-state index contributed by atoms with van der Waals surface area (Å²) >= 11 is 5.99. The van der Waals surface area contributed by atoms with Gasteiger partial charge in [0, 0.05) is 19.3 Å². The van der Waals surface area contributed by atoms with Crippen LogP contribution in [0.25, 0.3) is 0 Å². The average Bonchev–Trinajstić information content (AvgIpc) is 2.43. The Balaban J connectivity index is 2.45. The number of nitrogens with zero attached hydrogens (tertiary/aromatic N) is 2. The van der Waals surface area contributed by atoms with Gasteiger partial charge in [-0.25, -0.2) is 9.37 Å². The van der Waals surface area contributed by atoms with E-state index in [1.165, 1.54) is 6.07 Å². The number of hydrogen-bond donors (Lipinski definition) is 1. The van der Waals surface area contributed by atoms with Crippen LogP contribution in [0.4, 0.5) is 15.9 Å². The highest BCUT2D eigenvalue weighted by molar-refractivity contribution is 6.31. The zero-order valence-corrected chi connectivity index (χ0v) is 11.4. The number of rotatable bonds is 4. The minimum absolute atomic E-state index is 0.282. The lowest BCUT2D eigenvalue weighted by atomic mass is 10.2. The standard InChI is InChI=1S/C14H15ClFN3/c1-2-19(13-6-4-3-5-12(13)16)14-7-10(8-17)11(15)9-18-14/h3-7,9H,2,8,17H2,1H3. The van der Waals surface area contributed by atoms with Crippen molar-refractivity contribution in [2.24, 2.45) is 5.73 Å². The van der Waals surface area contributed by atoms with Crippen molar-refractivity contribution in [1.82, 2.24) is 4.98 Å². The molecule has 0 saturated heterocycles. The molecule has 0 aliphatic rings. The summed E-state index contributed by atoms with van der Waals surface area (Å²) in [5.41, 5.74) is 6.91. The van der Waals surface area contributed by atoms with Gasteiger partial charge in [-0.15, -0.1) is 0 Å². The van der Waals surface area contributed by atoms with Crippen LogP contribution in [-0.2, 0) is 6.54 Å². The van der Waals surface area contributed by atoms with Crippen LogP contribution >= 0.6 is 11.6 Å². The normalized spacial score (nSPS) is 10.5. The van der Waals surface area contributed by atoms with Crippen LogP contribution in [0.15, 0.2) is 36.5 Å². The highest BCUT2D eigenvalue weighted by Gasteiger charge is 2.13. The molecule has 0 saturated carbocycles. The molecule has 1 aromatic carbocycles. The molecule has 1 heterocycles. The van der Waals surface area contributed by atoms with Crippen LogP contribution in [0.2, 0.25) is 5.02 Å². The fourth-order valence-corrected chi connectivity index (χ4v) is 2.08. The summed E-state index contributed by atoms with van der Waals surface area (Å²) in [6.07, 6.45) is 1.54. The second kappa shape index (κ2) is 5.99. The lowest BCUT2D eigenvalue weighted by molar-refractivity contribution is 0.625. The quantitative estimate of drug-likeness (QED) is 0.931. The third kappa shape index (κ3) is 2.85. The van der Waals surface area contributed by atoms with Gasteiger partial charge in [-0.2, -0.15) is 0 Å². The number of aromatic nitrogens is 1. The minimum Gasteiger partial charge on any atom is -0.326 e. The van der Waals surface area contributed by atoms with Gasteiger partial charge < -0.3 is 10.6 Å². The van der Waals surface area contributed by atoms with E-state index in [-0.39, 0.29) is 5.82 Å². The SMILES string of the molecule is CCN(c1cc(CN)c(Cl)cn1)c1ccccc1F. The van der Waals surface area contributed by atoms with E-state index in [9.17, 15) is 4.39 Å². The van der Waals surface area contributed by atoms with Gasteiger partial charge in [0.05, 0.1) is 10.7 Å². The van der Waals surface area contributed by atoms with Gasteiger partial charge in [0.1, 0.15) is 11.6 Å². The highest BCUT2D eigenvalue weighted by atomic mass is 35.5. The first-order valence-corrected chi connectivity index (χ1v) is 6.41. The topological polar surface area (TPSA) is 42.1 Å². The lowest BCUT2D eigenvalue weighted by Gasteiger charge is -2.23. The molecule has 0 aliphatic heterocycles. The molecule has 0 unspecified atom stereocenters. The summed E-state index contributed by atoms with van der Waals surface area (Å²) in [6.45, 7) is 2.85. The van der Waals surface area contributed by atoms with Crippen molar-refractivity contribution in [3.05, 3.63) is 52.9 Å². The Morgan fingerprint density at radius 2 is 2.11 bits per heavy atom. The Labute approximate surface area is 116 Å². The molecule has 0 fully saturated rings. The first-order chi connectivity index (χ1) is 9.17. The maximum Gasteiger partial charge on any atom is 0.146 e. The molecule has 0 spiro atoms. The average molecular weight is 280 g/mol. The van der Waals surface area contributed by atoms with Crippen molar-refractivity contribution in [2.75, 3.05) is 11.4 Å². The van der Waals surface area contributed by atoms with Gasteiger partial charge >= 0.3 is 0 Å². The molecule has 19 heavy (non-hydrogen) atoms. The smallest absolute Gasteiger partial charge is 0.146 e. The van der Waals surface area contributed by atoms with Gasteiger partial charge in [0.2, 0.25) is 0 Å². The van der Waals surface area contributed by atoms with Gasteiger partial charge in [0.15, 0.2) is 0 Å². The van der Waals surface area contributed by atoms with Gasteiger partial charge in [-0.1, -0.05) is 23.7 Å². The molecule has 0 radical (unpaired) electrons. The Kier molecular flexibility index (Phi) is 4.35. The van der Waals surface area contributed by atoms with E-state index in [1.54, 1.807) is 35.4 Å². The molecule has 2 rings (SSSR count). The van der Waals surface area contributed by atoms with Crippen molar-refractivity contribution >= 4 is 23.1 Å². The molecular weight excluding hydrogens is 265 g/mol. The first kappa shape index (κ1) is 13.8. The number of benzene rings is 1. The molecule has 0 aliphatic carbocycles. The number of para-hydroxylation sites is 1. The van der Waals surface area contributed by atoms with E-state index in [1.807, 2.05) is 6.92 Å². The monoisotopic (exact) mass is 279 g/mol. The van der Waals surface area contributed by atoms with Crippen molar-refractivity contribution in [3.63, 3.8) is 0 Å². The molecular formula is C14H15ClFN3. The van der Waals surface area contributed by atoms with Gasteiger partial charge in [-0.05, 0) is 30.7 Å². The Morgan fingerprint density at radius 1 is 1.37 bits per heavy atom. The molecule has 0 amide bonds. The van der Waals surface area contributed by atoms with E-state index >= 15 is 0 Å². The Hall–Kier alpha value is -1.65. The first-order valence-electron chi connectivity index (χ1n) is 6.04. The molecule has 100 valence electrons. The van der Waals surface area contributed by atoms with Crippen LogP contribution in [0.1, 0.15) is 12.5 Å². The van der Waals surface area contributed by atoms with Crippen molar-refractivity contribution < 1.29 is 4.39 Å². The molecule has 1 aromatic heterocycles. The van der Waals surface area contributed by atoms with Gasteiger partial charge in [-0.3, -0.25) is 0 Å². The van der Waals surface area contributed by atoms with Crippen LogP contribution in [0.5, 0.6) is 0 Å². The maximum absolute atomic E-state index is 13.9. The predicted molar refractivity (Wildman–Crippen MR) is 76.2 cm³/mol. The summed E-state index contributed by atoms with van der Waals surface area (Å²) in [5.74, 6) is 0.354. The summed E-state index contributed by atoms with van der Waals surface area (Å²) in [6, 6.07) is 8.39. The molecule has 0 atom stereocenters. The van der Waals surface area contributed by atoms with Crippen molar-refractivity contribution in [1.29, 1.82) is 0 Å². The number of halogens is 2. The molecule has 2 aromatic rings. The largest absolute Gasteiger partial charge is 0.326 e. The van der Waals surface area contributed by atoms with Crippen molar-refractivity contribution in [3.8, 4) is 0 Å². The van der Waals surface area contributed by atoms with Crippen LogP contribution in [0.3, 0.4) is 0 Å². The zero-order chi connectivity index (χ0) is 13.8. The van der Waals surface area contributed by atoms with E-state index in [4.69, 9.17) is 17.3 Å². The molecule has 5 heteroatoms. The second-order valence-electron chi connectivity index (χ2n) is 4.03. The Morgan fingerprint density at radius 3 is 2.74 bits per heavy atom. The fraction of sp³-hybridized carbons (Fsp3) is 0.214. The molecule has 2 N–H and O–H groups in total. The second-order valence-corrected chi connectivity index (χ2v) is 4.44. The fourth-order valence-electron chi connectivity index (χ4n) is 1.90. The van der Waals surface area contributed by atoms with E-state index in [2.05, 4.69) is 4.98 Å². The zero-order valence-electron chi connectivity index (χ0n) is 10.6.